The number of hydrogen-bond acceptors (Lipinski definition) is 3. The lowest BCUT2D eigenvalue weighted by Gasteiger charge is -1.90. The highest BCUT2D eigenvalue weighted by molar-refractivity contribution is 7.12. The van der Waals surface area contributed by atoms with Gasteiger partial charge < -0.3 is 4.74 Å². The van der Waals surface area contributed by atoms with E-state index in [4.69, 9.17) is 11.2 Å². The van der Waals surface area contributed by atoms with E-state index in [-0.39, 0.29) is 12.2 Å². The van der Waals surface area contributed by atoms with Gasteiger partial charge in [0.05, 0.1) is 18.4 Å². The molecule has 0 aliphatic heterocycles. The largest absolute Gasteiger partial charge is 0.496 e. The van der Waals surface area contributed by atoms with E-state index in [9.17, 15) is 4.79 Å². The second kappa shape index (κ2) is 3.93. The van der Waals surface area contributed by atoms with Crippen LogP contribution in [0.2, 0.25) is 0 Å². The first-order valence-electron chi connectivity index (χ1n) is 3.37. The number of methoxy groups -OCH3 is 1. The molecule has 0 aromatic carbocycles. The zero-order chi connectivity index (χ0) is 8.97. The van der Waals surface area contributed by atoms with Crippen LogP contribution in [0.15, 0.2) is 11.4 Å². The molecule has 1 rings (SSSR count). The van der Waals surface area contributed by atoms with Gasteiger partial charge in [0.1, 0.15) is 5.75 Å². The van der Waals surface area contributed by atoms with Gasteiger partial charge >= 0.3 is 0 Å². The van der Waals surface area contributed by atoms with Crippen LogP contribution in [-0.4, -0.2) is 12.9 Å². The van der Waals surface area contributed by atoms with Crippen molar-refractivity contribution < 1.29 is 9.53 Å². The fraction of sp³-hybridized carbons (Fsp3) is 0.222. The summed E-state index contributed by atoms with van der Waals surface area (Å²) < 4.78 is 4.93. The zero-order valence-electron chi connectivity index (χ0n) is 6.66. The van der Waals surface area contributed by atoms with Gasteiger partial charge in [0.2, 0.25) is 0 Å². The second-order valence-electron chi connectivity index (χ2n) is 2.15. The van der Waals surface area contributed by atoms with Crippen molar-refractivity contribution in [3.63, 3.8) is 0 Å². The maximum atomic E-state index is 11.2. The Morgan fingerprint density at radius 3 is 3.08 bits per heavy atom. The lowest BCUT2D eigenvalue weighted by molar-refractivity contribution is 0.100. The first-order chi connectivity index (χ1) is 5.77. The summed E-state index contributed by atoms with van der Waals surface area (Å²) in [6, 6.07) is 1.70. The monoisotopic (exact) mass is 180 g/mol. The van der Waals surface area contributed by atoms with E-state index < -0.39 is 0 Å². The molecule has 0 unspecified atom stereocenters. The fourth-order valence-electron chi connectivity index (χ4n) is 0.752. The van der Waals surface area contributed by atoms with Crippen molar-refractivity contribution in [2.75, 3.05) is 7.11 Å². The normalized spacial score (nSPS) is 9.00. The topological polar surface area (TPSA) is 26.3 Å². The van der Waals surface area contributed by atoms with Crippen LogP contribution in [0.25, 0.3) is 0 Å². The van der Waals surface area contributed by atoms with Crippen LogP contribution in [0, 0.1) is 12.3 Å². The Bertz CT molecular complexity index is 320. The molecular weight excluding hydrogens is 172 g/mol. The summed E-state index contributed by atoms with van der Waals surface area (Å²) in [4.78, 5) is 11.8. The quantitative estimate of drug-likeness (QED) is 0.525. The number of carbonyl (C=O) groups excluding carboxylic acids is 1. The molecule has 0 spiro atoms. The van der Waals surface area contributed by atoms with Gasteiger partial charge in [0.15, 0.2) is 5.78 Å². The summed E-state index contributed by atoms with van der Waals surface area (Å²) in [5, 5.41) is 1.78. The highest BCUT2D eigenvalue weighted by Gasteiger charge is 2.07. The van der Waals surface area contributed by atoms with Gasteiger partial charge in [-0.2, -0.15) is 0 Å². The van der Waals surface area contributed by atoms with Crippen LogP contribution < -0.4 is 4.74 Å². The highest BCUT2D eigenvalue weighted by Crippen LogP contribution is 2.21. The molecule has 1 heterocycles. The molecule has 0 fully saturated rings. The summed E-state index contributed by atoms with van der Waals surface area (Å²) in [7, 11) is 1.57. The molecule has 0 N–H and O–H groups in total. The standard InChI is InChI=1S/C9H8O2S/c1-3-4-8(10)9-5-7(11-2)6-12-9/h1,5-6H,4H2,2H3. The van der Waals surface area contributed by atoms with Crippen molar-refractivity contribution in [1.29, 1.82) is 0 Å². The van der Waals surface area contributed by atoms with Crippen molar-refractivity contribution in [2.24, 2.45) is 0 Å². The molecule has 1 aromatic rings. The fourth-order valence-corrected chi connectivity index (χ4v) is 1.55. The van der Waals surface area contributed by atoms with Gasteiger partial charge in [-0.05, 0) is 0 Å². The van der Waals surface area contributed by atoms with Crippen LogP contribution in [0.1, 0.15) is 16.1 Å². The van der Waals surface area contributed by atoms with E-state index in [1.807, 2.05) is 0 Å². The number of terminal acetylenes is 1. The highest BCUT2D eigenvalue weighted by atomic mass is 32.1. The van der Waals surface area contributed by atoms with Gasteiger partial charge in [-0.1, -0.05) is 5.92 Å². The Balaban J connectivity index is 2.76. The van der Waals surface area contributed by atoms with Crippen molar-refractivity contribution in [3.8, 4) is 18.1 Å². The minimum absolute atomic E-state index is 0.0224. The first kappa shape index (κ1) is 8.82. The average Bonchev–Trinajstić information content (AvgIpc) is 2.52. The molecule has 0 bridgehead atoms. The third-order valence-electron chi connectivity index (χ3n) is 1.35. The molecule has 3 heteroatoms. The number of thiophene rings is 1. The van der Waals surface area contributed by atoms with Crippen molar-refractivity contribution in [3.05, 3.63) is 16.3 Å². The van der Waals surface area contributed by atoms with E-state index in [2.05, 4.69) is 5.92 Å². The number of rotatable bonds is 3. The van der Waals surface area contributed by atoms with Crippen LogP contribution in [0.3, 0.4) is 0 Å². The van der Waals surface area contributed by atoms with Crippen LogP contribution in [-0.2, 0) is 0 Å². The number of ether oxygens (including phenoxy) is 1. The SMILES string of the molecule is C#CCC(=O)c1cc(OC)cs1. The Kier molecular flexibility index (Phi) is 2.89. The van der Waals surface area contributed by atoms with Gasteiger partial charge in [0.25, 0.3) is 0 Å². The average molecular weight is 180 g/mol. The summed E-state index contributed by atoms with van der Waals surface area (Å²) in [5.41, 5.74) is 0. The molecule has 0 saturated carbocycles. The smallest absolute Gasteiger partial charge is 0.184 e. The van der Waals surface area contributed by atoms with E-state index in [0.29, 0.717) is 10.6 Å². The molecule has 62 valence electrons. The predicted molar refractivity (Wildman–Crippen MR) is 48.7 cm³/mol. The van der Waals surface area contributed by atoms with E-state index in [1.165, 1.54) is 11.3 Å². The third-order valence-corrected chi connectivity index (χ3v) is 2.30. The van der Waals surface area contributed by atoms with Crippen molar-refractivity contribution in [2.45, 2.75) is 6.42 Å². The van der Waals surface area contributed by atoms with Crippen LogP contribution in [0.4, 0.5) is 0 Å². The van der Waals surface area contributed by atoms with Crippen LogP contribution in [0.5, 0.6) is 5.75 Å². The second-order valence-corrected chi connectivity index (χ2v) is 3.07. The molecule has 0 aliphatic carbocycles. The van der Waals surface area contributed by atoms with Gasteiger partial charge in [-0.25, -0.2) is 0 Å². The molecule has 2 nitrogen and oxygen atoms in total. The number of hydrogen-bond donors (Lipinski definition) is 0. The molecular formula is C9H8O2S. The Labute approximate surface area is 75.2 Å². The lowest BCUT2D eigenvalue weighted by atomic mass is 10.2. The summed E-state index contributed by atoms with van der Waals surface area (Å²) in [6.07, 6.45) is 5.17. The van der Waals surface area contributed by atoms with Crippen LogP contribution >= 0.6 is 11.3 Å². The Morgan fingerprint density at radius 2 is 2.58 bits per heavy atom. The van der Waals surface area contributed by atoms with E-state index in [1.54, 1.807) is 18.6 Å². The van der Waals surface area contributed by atoms with Crippen molar-refractivity contribution >= 4 is 17.1 Å². The predicted octanol–water partition coefficient (Wildman–Crippen LogP) is 1.96. The number of ketones is 1. The first-order valence-corrected chi connectivity index (χ1v) is 4.25. The number of carbonyl (C=O) groups is 1. The van der Waals surface area contributed by atoms with E-state index >= 15 is 0 Å². The lowest BCUT2D eigenvalue weighted by Crippen LogP contribution is -1.92. The van der Waals surface area contributed by atoms with Gasteiger partial charge in [-0.15, -0.1) is 17.8 Å². The van der Waals surface area contributed by atoms with Gasteiger partial charge in [0, 0.05) is 11.4 Å². The summed E-state index contributed by atoms with van der Waals surface area (Å²) in [6.45, 7) is 0. The molecule has 0 amide bonds. The summed E-state index contributed by atoms with van der Waals surface area (Å²) in [5.74, 6) is 3.00. The van der Waals surface area contributed by atoms with E-state index in [0.717, 1.165) is 0 Å². The molecule has 12 heavy (non-hydrogen) atoms. The molecule has 0 aliphatic rings. The Hall–Kier alpha value is -1.27. The maximum absolute atomic E-state index is 11.2. The maximum Gasteiger partial charge on any atom is 0.184 e. The third kappa shape index (κ3) is 1.86. The molecule has 0 radical (unpaired) electrons. The Morgan fingerprint density at radius 1 is 1.83 bits per heavy atom. The molecule has 0 saturated heterocycles. The number of Topliss-reactive ketones (excluding diaryl/α,β-unsaturated/α-hetero) is 1. The minimum atomic E-state index is -0.0224. The zero-order valence-corrected chi connectivity index (χ0v) is 7.48. The summed E-state index contributed by atoms with van der Waals surface area (Å²) >= 11 is 1.35. The molecule has 1 aromatic heterocycles. The van der Waals surface area contributed by atoms with Gasteiger partial charge in [-0.3, -0.25) is 4.79 Å². The minimum Gasteiger partial charge on any atom is -0.496 e. The van der Waals surface area contributed by atoms with Crippen molar-refractivity contribution in [1.82, 2.24) is 0 Å². The molecule has 0 atom stereocenters.